The summed E-state index contributed by atoms with van der Waals surface area (Å²) in [7, 11) is 0. The van der Waals surface area contributed by atoms with Gasteiger partial charge in [-0.2, -0.15) is 10.2 Å². The van der Waals surface area contributed by atoms with Crippen molar-refractivity contribution < 1.29 is 0 Å². The molecule has 50 valence electrons. The lowest BCUT2D eigenvalue weighted by Crippen LogP contribution is -1.91. The van der Waals surface area contributed by atoms with Gasteiger partial charge in [0, 0.05) is 0 Å². The Hall–Kier alpha value is -0.660. The Morgan fingerprint density at radius 1 is 1.67 bits per heavy atom. The molecule has 0 atom stereocenters. The fourth-order valence-electron chi connectivity index (χ4n) is 0.937. The van der Waals surface area contributed by atoms with Crippen molar-refractivity contribution in [2.75, 3.05) is 6.54 Å². The predicted octanol–water partition coefficient (Wildman–Crippen LogP) is 2.38. The first kappa shape index (κ1) is 6.46. The molecule has 1 rings (SSSR count). The summed E-state index contributed by atoms with van der Waals surface area (Å²) < 4.78 is 0. The Morgan fingerprint density at radius 2 is 2.44 bits per heavy atom. The summed E-state index contributed by atoms with van der Waals surface area (Å²) >= 11 is 0. The Bertz CT molecular complexity index is 145. The minimum absolute atomic E-state index is 0.736. The van der Waals surface area contributed by atoms with Gasteiger partial charge in [-0.3, -0.25) is 0 Å². The number of hydrogen-bond donors (Lipinski definition) is 0. The SMILES string of the molecule is CC(C)CC1=CN=NC1. The molecule has 0 spiro atoms. The zero-order chi connectivity index (χ0) is 6.69. The van der Waals surface area contributed by atoms with Crippen molar-refractivity contribution in [3.8, 4) is 0 Å². The minimum Gasteiger partial charge on any atom is -0.185 e. The molecule has 1 heterocycles. The molecule has 0 fully saturated rings. The molecule has 0 saturated carbocycles. The molecule has 2 heteroatoms. The zero-order valence-corrected chi connectivity index (χ0v) is 5.96. The number of hydrogen-bond acceptors (Lipinski definition) is 2. The minimum atomic E-state index is 0.736. The molecule has 0 bridgehead atoms. The van der Waals surface area contributed by atoms with Crippen molar-refractivity contribution in [1.82, 2.24) is 0 Å². The first-order valence-electron chi connectivity index (χ1n) is 3.33. The maximum atomic E-state index is 3.85. The lowest BCUT2D eigenvalue weighted by molar-refractivity contribution is 0.638. The molecule has 2 nitrogen and oxygen atoms in total. The lowest BCUT2D eigenvalue weighted by Gasteiger charge is -2.01. The average Bonchev–Trinajstić information content (AvgIpc) is 2.15. The third-order valence-corrected chi connectivity index (χ3v) is 1.27. The summed E-state index contributed by atoms with van der Waals surface area (Å²) in [5.41, 5.74) is 1.37. The van der Waals surface area contributed by atoms with E-state index in [1.165, 1.54) is 5.57 Å². The summed E-state index contributed by atoms with van der Waals surface area (Å²) in [5.74, 6) is 0.736. The quantitative estimate of drug-likeness (QED) is 0.540. The van der Waals surface area contributed by atoms with E-state index in [2.05, 4.69) is 24.1 Å². The summed E-state index contributed by atoms with van der Waals surface area (Å²) in [4.78, 5) is 0. The first-order chi connectivity index (χ1) is 4.29. The lowest BCUT2D eigenvalue weighted by atomic mass is 10.0. The Morgan fingerprint density at radius 3 is 2.89 bits per heavy atom. The number of azo groups is 1. The van der Waals surface area contributed by atoms with Gasteiger partial charge in [0.2, 0.25) is 0 Å². The van der Waals surface area contributed by atoms with Crippen LogP contribution in [0.25, 0.3) is 0 Å². The van der Waals surface area contributed by atoms with E-state index in [1.807, 2.05) is 6.20 Å². The number of rotatable bonds is 2. The normalized spacial score (nSPS) is 17.0. The molecule has 1 aliphatic heterocycles. The largest absolute Gasteiger partial charge is 0.185 e. The predicted molar refractivity (Wildman–Crippen MR) is 37.3 cm³/mol. The fraction of sp³-hybridized carbons (Fsp3) is 0.714. The smallest absolute Gasteiger partial charge is 0.0832 e. The zero-order valence-electron chi connectivity index (χ0n) is 5.96. The first-order valence-corrected chi connectivity index (χ1v) is 3.33. The summed E-state index contributed by atoms with van der Waals surface area (Å²) in [6, 6.07) is 0. The van der Waals surface area contributed by atoms with Crippen LogP contribution < -0.4 is 0 Å². The van der Waals surface area contributed by atoms with Gasteiger partial charge in [0.05, 0.1) is 12.7 Å². The molecule has 0 aromatic heterocycles. The van der Waals surface area contributed by atoms with Crippen LogP contribution in [0.3, 0.4) is 0 Å². The van der Waals surface area contributed by atoms with Gasteiger partial charge in [0.15, 0.2) is 0 Å². The molecule has 0 radical (unpaired) electrons. The van der Waals surface area contributed by atoms with Crippen LogP contribution in [0.2, 0.25) is 0 Å². The Balaban J connectivity index is 2.30. The average molecular weight is 124 g/mol. The highest BCUT2D eigenvalue weighted by Gasteiger charge is 2.02. The molecule has 0 amide bonds. The van der Waals surface area contributed by atoms with Crippen molar-refractivity contribution in [2.24, 2.45) is 16.1 Å². The summed E-state index contributed by atoms with van der Waals surface area (Å²) in [6.07, 6.45) is 3.02. The fourth-order valence-corrected chi connectivity index (χ4v) is 0.937. The van der Waals surface area contributed by atoms with Crippen LogP contribution in [0.4, 0.5) is 0 Å². The Labute approximate surface area is 55.7 Å². The molecular formula is C7H12N2. The summed E-state index contributed by atoms with van der Waals surface area (Å²) in [5, 5.41) is 7.63. The molecule has 9 heavy (non-hydrogen) atoms. The summed E-state index contributed by atoms with van der Waals surface area (Å²) in [6.45, 7) is 5.25. The van der Waals surface area contributed by atoms with Gasteiger partial charge in [-0.15, -0.1) is 0 Å². The van der Waals surface area contributed by atoms with Crippen molar-refractivity contribution in [2.45, 2.75) is 20.3 Å². The van der Waals surface area contributed by atoms with Crippen LogP contribution in [0.5, 0.6) is 0 Å². The van der Waals surface area contributed by atoms with Gasteiger partial charge in [-0.1, -0.05) is 13.8 Å². The third kappa shape index (κ3) is 1.96. The van der Waals surface area contributed by atoms with E-state index in [9.17, 15) is 0 Å². The van der Waals surface area contributed by atoms with Crippen molar-refractivity contribution in [3.63, 3.8) is 0 Å². The van der Waals surface area contributed by atoms with Crippen LogP contribution in [0.1, 0.15) is 20.3 Å². The second kappa shape index (κ2) is 2.76. The molecule has 0 aromatic carbocycles. The van der Waals surface area contributed by atoms with Gasteiger partial charge in [-0.05, 0) is 17.9 Å². The van der Waals surface area contributed by atoms with Crippen LogP contribution in [0, 0.1) is 5.92 Å². The second-order valence-corrected chi connectivity index (χ2v) is 2.80. The van der Waals surface area contributed by atoms with E-state index >= 15 is 0 Å². The number of nitrogens with zero attached hydrogens (tertiary/aromatic N) is 2. The van der Waals surface area contributed by atoms with Gasteiger partial charge < -0.3 is 0 Å². The van der Waals surface area contributed by atoms with E-state index in [0.717, 1.165) is 18.9 Å². The van der Waals surface area contributed by atoms with Crippen LogP contribution in [-0.4, -0.2) is 6.54 Å². The molecule has 0 aliphatic carbocycles. The van der Waals surface area contributed by atoms with E-state index < -0.39 is 0 Å². The molecule has 0 unspecified atom stereocenters. The maximum absolute atomic E-state index is 3.85. The van der Waals surface area contributed by atoms with Crippen LogP contribution >= 0.6 is 0 Å². The standard InChI is InChI=1S/C7H12N2/c1-6(2)3-7-4-8-9-5-7/h4,6H,3,5H2,1-2H3. The van der Waals surface area contributed by atoms with Gasteiger partial charge >= 0.3 is 0 Å². The van der Waals surface area contributed by atoms with E-state index in [1.54, 1.807) is 0 Å². The van der Waals surface area contributed by atoms with Gasteiger partial charge in [-0.25, -0.2) is 0 Å². The van der Waals surface area contributed by atoms with Crippen molar-refractivity contribution in [3.05, 3.63) is 11.8 Å². The highest BCUT2D eigenvalue weighted by atomic mass is 15.1. The highest BCUT2D eigenvalue weighted by Crippen LogP contribution is 2.14. The maximum Gasteiger partial charge on any atom is 0.0832 e. The molecule has 0 saturated heterocycles. The monoisotopic (exact) mass is 124 g/mol. The van der Waals surface area contributed by atoms with Crippen LogP contribution in [-0.2, 0) is 0 Å². The second-order valence-electron chi connectivity index (χ2n) is 2.80. The molecule has 0 N–H and O–H groups in total. The Kier molecular flexibility index (Phi) is 1.98. The van der Waals surface area contributed by atoms with Crippen LogP contribution in [0.15, 0.2) is 22.0 Å². The molecule has 1 aliphatic rings. The van der Waals surface area contributed by atoms with Crippen molar-refractivity contribution >= 4 is 0 Å². The van der Waals surface area contributed by atoms with Gasteiger partial charge in [0.25, 0.3) is 0 Å². The van der Waals surface area contributed by atoms with E-state index in [4.69, 9.17) is 0 Å². The van der Waals surface area contributed by atoms with E-state index in [0.29, 0.717) is 0 Å². The topological polar surface area (TPSA) is 24.7 Å². The van der Waals surface area contributed by atoms with Crippen molar-refractivity contribution in [1.29, 1.82) is 0 Å². The third-order valence-electron chi connectivity index (χ3n) is 1.27. The molecular weight excluding hydrogens is 112 g/mol. The highest BCUT2D eigenvalue weighted by molar-refractivity contribution is 5.06. The van der Waals surface area contributed by atoms with Gasteiger partial charge in [0.1, 0.15) is 0 Å². The van der Waals surface area contributed by atoms with E-state index in [-0.39, 0.29) is 0 Å². The molecule has 0 aromatic rings.